The van der Waals surface area contributed by atoms with Crippen LogP contribution in [-0.2, 0) is 16.0 Å². The number of rotatable bonds is 5. The highest BCUT2D eigenvalue weighted by Crippen LogP contribution is 2.17. The maximum absolute atomic E-state index is 12.8. The third kappa shape index (κ3) is 5.73. The van der Waals surface area contributed by atoms with Gasteiger partial charge >= 0.3 is 0 Å². The number of carbonyl (C=O) groups excluding carboxylic acids is 1. The molecule has 2 aliphatic rings. The first-order chi connectivity index (χ1) is 12.2. The highest BCUT2D eigenvalue weighted by molar-refractivity contribution is 7.98. The average Bonchev–Trinajstić information content (AvgIpc) is 2.89. The molecule has 0 radical (unpaired) electrons. The first-order valence-corrected chi connectivity index (χ1v) is 10.7. The van der Waals surface area contributed by atoms with E-state index in [-0.39, 0.29) is 12.0 Å². The largest absolute Gasteiger partial charge is 0.375 e. The van der Waals surface area contributed by atoms with Gasteiger partial charge in [-0.2, -0.15) is 0 Å². The smallest absolute Gasteiger partial charge is 0.227 e. The Morgan fingerprint density at radius 2 is 1.88 bits per heavy atom. The monoisotopic (exact) mass is 362 g/mol. The summed E-state index contributed by atoms with van der Waals surface area (Å²) in [5, 5.41) is 0. The van der Waals surface area contributed by atoms with Crippen molar-refractivity contribution >= 4 is 17.7 Å². The summed E-state index contributed by atoms with van der Waals surface area (Å²) in [4.78, 5) is 18.5. The molecule has 0 bridgehead atoms. The van der Waals surface area contributed by atoms with Crippen LogP contribution < -0.4 is 0 Å². The normalized spacial score (nSPS) is 22.6. The molecule has 1 aromatic carbocycles. The Labute approximate surface area is 155 Å². The molecule has 0 N–H and O–H groups in total. The van der Waals surface area contributed by atoms with Crippen LogP contribution in [0.5, 0.6) is 0 Å². The highest BCUT2D eigenvalue weighted by atomic mass is 32.2. The molecule has 3 rings (SSSR count). The zero-order valence-corrected chi connectivity index (χ0v) is 16.1. The zero-order valence-electron chi connectivity index (χ0n) is 15.3. The van der Waals surface area contributed by atoms with E-state index in [1.165, 1.54) is 37.2 Å². The number of hydrogen-bond acceptors (Lipinski definition) is 4. The van der Waals surface area contributed by atoms with Crippen LogP contribution in [0.15, 0.2) is 29.2 Å². The van der Waals surface area contributed by atoms with E-state index in [1.807, 2.05) is 4.90 Å². The third-order valence-corrected chi connectivity index (χ3v) is 5.87. The standard InChI is InChI=1S/C20H30N2O2S/c1-25-19-8-6-17(7-9-19)14-20(23)22-12-5-13-24-18(16-22)15-21-10-3-2-4-11-21/h6-9,18H,2-5,10-16H2,1H3. The van der Waals surface area contributed by atoms with Gasteiger partial charge < -0.3 is 14.5 Å². The number of benzene rings is 1. The maximum Gasteiger partial charge on any atom is 0.227 e. The van der Waals surface area contributed by atoms with Crippen LogP contribution >= 0.6 is 11.8 Å². The van der Waals surface area contributed by atoms with Gasteiger partial charge in [0.25, 0.3) is 0 Å². The molecule has 5 heteroatoms. The first-order valence-electron chi connectivity index (χ1n) is 9.49. The summed E-state index contributed by atoms with van der Waals surface area (Å²) in [6.45, 7) is 5.64. The lowest BCUT2D eigenvalue weighted by Gasteiger charge is -2.31. The molecule has 2 saturated heterocycles. The minimum Gasteiger partial charge on any atom is -0.375 e. The van der Waals surface area contributed by atoms with Crippen molar-refractivity contribution in [2.24, 2.45) is 0 Å². The molecule has 1 unspecified atom stereocenters. The molecule has 25 heavy (non-hydrogen) atoms. The minimum atomic E-state index is 0.156. The van der Waals surface area contributed by atoms with Gasteiger partial charge in [-0.3, -0.25) is 4.79 Å². The van der Waals surface area contributed by atoms with Gasteiger partial charge in [0.1, 0.15) is 0 Å². The Kier molecular flexibility index (Phi) is 7.20. The topological polar surface area (TPSA) is 32.8 Å². The number of thioether (sulfide) groups is 1. The van der Waals surface area contributed by atoms with E-state index in [4.69, 9.17) is 4.74 Å². The lowest BCUT2D eigenvalue weighted by Crippen LogP contribution is -2.44. The van der Waals surface area contributed by atoms with Crippen molar-refractivity contribution in [2.75, 3.05) is 45.6 Å². The van der Waals surface area contributed by atoms with Gasteiger partial charge in [-0.1, -0.05) is 18.6 Å². The van der Waals surface area contributed by atoms with Gasteiger partial charge in [0.2, 0.25) is 5.91 Å². The predicted octanol–water partition coefficient (Wildman–Crippen LogP) is 3.05. The Morgan fingerprint density at radius 3 is 2.60 bits per heavy atom. The summed E-state index contributed by atoms with van der Waals surface area (Å²) in [6, 6.07) is 8.34. The summed E-state index contributed by atoms with van der Waals surface area (Å²) in [6.07, 6.45) is 7.59. The number of nitrogens with zero attached hydrogens (tertiary/aromatic N) is 2. The van der Waals surface area contributed by atoms with E-state index in [0.717, 1.165) is 38.2 Å². The fourth-order valence-corrected chi connectivity index (χ4v) is 4.10. The average molecular weight is 363 g/mol. The first kappa shape index (κ1) is 18.7. The molecular weight excluding hydrogens is 332 g/mol. The van der Waals surface area contributed by atoms with Crippen LogP contribution in [0.25, 0.3) is 0 Å². The molecule has 0 aromatic heterocycles. The zero-order chi connectivity index (χ0) is 17.5. The molecule has 0 saturated carbocycles. The second-order valence-electron chi connectivity index (χ2n) is 7.07. The Bertz CT molecular complexity index is 543. The number of hydrogen-bond donors (Lipinski definition) is 0. The molecular formula is C20H30N2O2S. The second-order valence-corrected chi connectivity index (χ2v) is 7.95. The highest BCUT2D eigenvalue weighted by Gasteiger charge is 2.25. The van der Waals surface area contributed by atoms with Crippen LogP contribution in [0.1, 0.15) is 31.2 Å². The second kappa shape index (κ2) is 9.60. The van der Waals surface area contributed by atoms with E-state index in [9.17, 15) is 4.79 Å². The van der Waals surface area contributed by atoms with Crippen LogP contribution in [0.2, 0.25) is 0 Å². The van der Waals surface area contributed by atoms with Gasteiger partial charge in [-0.05, 0) is 56.3 Å². The molecule has 138 valence electrons. The molecule has 1 atom stereocenters. The maximum atomic E-state index is 12.8. The summed E-state index contributed by atoms with van der Waals surface area (Å²) in [5.74, 6) is 0.228. The predicted molar refractivity (Wildman–Crippen MR) is 103 cm³/mol. The van der Waals surface area contributed by atoms with Crippen molar-refractivity contribution in [3.8, 4) is 0 Å². The number of likely N-dealkylation sites (tertiary alicyclic amines) is 1. The van der Waals surface area contributed by atoms with E-state index >= 15 is 0 Å². The number of piperidine rings is 1. The lowest BCUT2D eigenvalue weighted by molar-refractivity contribution is -0.131. The van der Waals surface area contributed by atoms with Crippen LogP contribution in [0.4, 0.5) is 0 Å². The Balaban J connectivity index is 1.54. The Morgan fingerprint density at radius 1 is 1.12 bits per heavy atom. The number of carbonyl (C=O) groups is 1. The van der Waals surface area contributed by atoms with Crippen LogP contribution in [0, 0.1) is 0 Å². The van der Waals surface area contributed by atoms with Crippen molar-refractivity contribution in [1.82, 2.24) is 9.80 Å². The van der Waals surface area contributed by atoms with Gasteiger partial charge in [0.15, 0.2) is 0 Å². The summed E-state index contributed by atoms with van der Waals surface area (Å²) < 4.78 is 6.03. The van der Waals surface area contributed by atoms with Gasteiger partial charge in [0.05, 0.1) is 12.5 Å². The number of amides is 1. The summed E-state index contributed by atoms with van der Waals surface area (Å²) in [5.41, 5.74) is 1.10. The fourth-order valence-electron chi connectivity index (χ4n) is 3.69. The van der Waals surface area contributed by atoms with Crippen molar-refractivity contribution in [3.63, 3.8) is 0 Å². The number of ether oxygens (including phenoxy) is 1. The molecule has 0 spiro atoms. The molecule has 1 amide bonds. The molecule has 1 aromatic rings. The SMILES string of the molecule is CSc1ccc(CC(=O)N2CCCOC(CN3CCCCC3)C2)cc1. The molecule has 2 fully saturated rings. The fraction of sp³-hybridized carbons (Fsp3) is 0.650. The van der Waals surface area contributed by atoms with E-state index in [2.05, 4.69) is 35.4 Å². The van der Waals surface area contributed by atoms with Crippen molar-refractivity contribution in [1.29, 1.82) is 0 Å². The Hall–Kier alpha value is -1.04. The molecule has 2 aliphatic heterocycles. The van der Waals surface area contributed by atoms with Crippen LogP contribution in [0.3, 0.4) is 0 Å². The molecule has 4 nitrogen and oxygen atoms in total. The van der Waals surface area contributed by atoms with Crippen molar-refractivity contribution < 1.29 is 9.53 Å². The van der Waals surface area contributed by atoms with Crippen molar-refractivity contribution in [2.45, 2.75) is 43.1 Å². The van der Waals surface area contributed by atoms with E-state index in [0.29, 0.717) is 6.42 Å². The van der Waals surface area contributed by atoms with Gasteiger partial charge in [-0.25, -0.2) is 0 Å². The van der Waals surface area contributed by atoms with Gasteiger partial charge in [0, 0.05) is 31.1 Å². The van der Waals surface area contributed by atoms with E-state index < -0.39 is 0 Å². The third-order valence-electron chi connectivity index (χ3n) is 5.13. The van der Waals surface area contributed by atoms with E-state index in [1.54, 1.807) is 11.8 Å². The lowest BCUT2D eigenvalue weighted by atomic mass is 10.1. The van der Waals surface area contributed by atoms with Crippen molar-refractivity contribution in [3.05, 3.63) is 29.8 Å². The summed E-state index contributed by atoms with van der Waals surface area (Å²) in [7, 11) is 0. The quantitative estimate of drug-likeness (QED) is 0.754. The van der Waals surface area contributed by atoms with Gasteiger partial charge in [-0.15, -0.1) is 11.8 Å². The minimum absolute atomic E-state index is 0.156. The molecule has 2 heterocycles. The van der Waals surface area contributed by atoms with Crippen LogP contribution in [-0.4, -0.2) is 67.4 Å². The molecule has 0 aliphatic carbocycles. The summed E-state index contributed by atoms with van der Waals surface area (Å²) >= 11 is 1.73.